The molecule has 2 aliphatic rings. The predicted molar refractivity (Wildman–Crippen MR) is 114 cm³/mol. The number of carbonyl (C=O) groups excluding carboxylic acids is 3. The summed E-state index contributed by atoms with van der Waals surface area (Å²) in [7, 11) is 1.72. The van der Waals surface area contributed by atoms with Crippen LogP contribution >= 0.6 is 11.6 Å². The summed E-state index contributed by atoms with van der Waals surface area (Å²) in [6, 6.07) is 14.3. The van der Waals surface area contributed by atoms with Gasteiger partial charge in [-0.2, -0.15) is 0 Å². The summed E-state index contributed by atoms with van der Waals surface area (Å²) in [6.07, 6.45) is 2.32. The van der Waals surface area contributed by atoms with E-state index < -0.39 is 24.0 Å². The van der Waals surface area contributed by atoms with Crippen LogP contribution < -0.4 is 15.5 Å². The van der Waals surface area contributed by atoms with Crippen LogP contribution in [0.4, 0.5) is 10.5 Å². The van der Waals surface area contributed by atoms with E-state index in [0.29, 0.717) is 29.2 Å². The molecule has 2 N–H and O–H groups in total. The molecule has 154 valence electrons. The highest BCUT2D eigenvalue weighted by Gasteiger charge is 2.49. The molecule has 0 bridgehead atoms. The number of anilines is 1. The largest absolute Gasteiger partial charge is 0.366 e. The molecule has 1 fully saturated rings. The van der Waals surface area contributed by atoms with Crippen molar-refractivity contribution in [3.05, 3.63) is 77.0 Å². The highest BCUT2D eigenvalue weighted by atomic mass is 35.5. The van der Waals surface area contributed by atoms with Gasteiger partial charge < -0.3 is 15.5 Å². The average molecular weight is 425 g/mol. The first kappa shape index (κ1) is 20.0. The van der Waals surface area contributed by atoms with Crippen LogP contribution in [0.15, 0.2) is 66.4 Å². The minimum Gasteiger partial charge on any atom is -0.366 e. The van der Waals surface area contributed by atoms with E-state index in [-0.39, 0.29) is 5.91 Å². The Morgan fingerprint density at radius 2 is 1.80 bits per heavy atom. The van der Waals surface area contributed by atoms with Crippen LogP contribution in [-0.4, -0.2) is 48.4 Å². The fraction of sp³-hybridized carbons (Fsp3) is 0.227. The number of likely N-dealkylation sites (N-methyl/N-ethyl adjacent to an activating group) is 1. The maximum absolute atomic E-state index is 13.1. The number of urea groups is 1. The first-order valence-electron chi connectivity index (χ1n) is 9.61. The van der Waals surface area contributed by atoms with Crippen molar-refractivity contribution < 1.29 is 14.4 Å². The first-order valence-corrected chi connectivity index (χ1v) is 9.99. The number of hydrogen-bond donors (Lipinski definition) is 2. The van der Waals surface area contributed by atoms with Gasteiger partial charge in [0.1, 0.15) is 6.04 Å². The SMILES string of the molecule is CN1C=C(C(=O)NCCc2ccccc2)C2NC(=O)N(c3ccc(Cl)cc3)C(=O)C21. The lowest BCUT2D eigenvalue weighted by atomic mass is 9.99. The van der Waals surface area contributed by atoms with Crippen molar-refractivity contribution in [2.45, 2.75) is 18.5 Å². The Hall–Kier alpha value is -3.32. The second-order valence-corrected chi connectivity index (χ2v) is 7.70. The third kappa shape index (κ3) is 3.76. The third-order valence-corrected chi connectivity index (χ3v) is 5.53. The zero-order valence-electron chi connectivity index (χ0n) is 16.3. The molecule has 1 saturated heterocycles. The molecule has 0 spiro atoms. The Morgan fingerprint density at radius 1 is 1.10 bits per heavy atom. The van der Waals surface area contributed by atoms with Crippen LogP contribution in [0, 0.1) is 0 Å². The molecular weight excluding hydrogens is 404 g/mol. The minimum absolute atomic E-state index is 0.293. The number of carbonyl (C=O) groups is 3. The molecule has 7 nitrogen and oxygen atoms in total. The van der Waals surface area contributed by atoms with Crippen molar-refractivity contribution in [1.82, 2.24) is 15.5 Å². The monoisotopic (exact) mass is 424 g/mol. The van der Waals surface area contributed by atoms with E-state index in [2.05, 4.69) is 10.6 Å². The van der Waals surface area contributed by atoms with Crippen LogP contribution in [0.2, 0.25) is 5.02 Å². The number of rotatable bonds is 5. The van der Waals surface area contributed by atoms with Gasteiger partial charge in [-0.05, 0) is 36.2 Å². The number of amides is 4. The Kier molecular flexibility index (Phi) is 5.46. The maximum atomic E-state index is 13.1. The average Bonchev–Trinajstić information content (AvgIpc) is 3.06. The number of imide groups is 1. The van der Waals surface area contributed by atoms with Crippen LogP contribution in [0.3, 0.4) is 0 Å². The summed E-state index contributed by atoms with van der Waals surface area (Å²) in [6.45, 7) is 0.458. The number of benzene rings is 2. The maximum Gasteiger partial charge on any atom is 0.329 e. The number of nitrogens with zero attached hydrogens (tertiary/aromatic N) is 2. The Labute approximate surface area is 179 Å². The predicted octanol–water partition coefficient (Wildman–Crippen LogP) is 2.32. The van der Waals surface area contributed by atoms with Gasteiger partial charge in [-0.25, -0.2) is 9.69 Å². The molecule has 4 amide bonds. The number of halogens is 1. The normalized spacial score (nSPS) is 20.5. The van der Waals surface area contributed by atoms with Crippen LogP contribution in [0.5, 0.6) is 0 Å². The zero-order chi connectivity index (χ0) is 21.3. The van der Waals surface area contributed by atoms with Gasteiger partial charge in [-0.3, -0.25) is 9.59 Å². The van der Waals surface area contributed by atoms with Gasteiger partial charge >= 0.3 is 6.03 Å². The molecule has 0 aliphatic carbocycles. The fourth-order valence-corrected chi connectivity index (χ4v) is 3.92. The van der Waals surface area contributed by atoms with E-state index in [0.717, 1.165) is 10.5 Å². The van der Waals surface area contributed by atoms with E-state index in [1.165, 1.54) is 0 Å². The first-order chi connectivity index (χ1) is 14.5. The van der Waals surface area contributed by atoms with Gasteiger partial charge in [-0.15, -0.1) is 0 Å². The van der Waals surface area contributed by atoms with Crippen molar-refractivity contribution in [3.8, 4) is 0 Å². The van der Waals surface area contributed by atoms with Crippen molar-refractivity contribution in [1.29, 1.82) is 0 Å². The molecule has 0 saturated carbocycles. The summed E-state index contributed by atoms with van der Waals surface area (Å²) >= 11 is 5.91. The van der Waals surface area contributed by atoms with Crippen LogP contribution in [0.1, 0.15) is 5.56 Å². The Bertz CT molecular complexity index is 1010. The molecule has 2 atom stereocenters. The van der Waals surface area contributed by atoms with Gasteiger partial charge in [0.25, 0.3) is 11.8 Å². The standard InChI is InChI=1S/C22H21ClN4O3/c1-26-13-17(20(28)24-12-11-14-5-3-2-4-6-14)18-19(26)21(29)27(22(30)25-18)16-9-7-15(23)8-10-16/h2-10,13,18-19H,11-12H2,1H3,(H,24,28)(H,25,30). The number of fused-ring (bicyclic) bond motifs is 1. The molecule has 2 aromatic carbocycles. The van der Waals surface area contributed by atoms with Gasteiger partial charge in [-0.1, -0.05) is 41.9 Å². The van der Waals surface area contributed by atoms with Gasteiger partial charge in [0.05, 0.1) is 17.3 Å². The van der Waals surface area contributed by atoms with Crippen LogP contribution in [-0.2, 0) is 16.0 Å². The minimum atomic E-state index is -0.699. The molecule has 8 heteroatoms. The molecule has 2 unspecified atom stereocenters. The van der Waals surface area contributed by atoms with Crippen molar-refractivity contribution >= 4 is 35.1 Å². The molecule has 2 aromatic rings. The summed E-state index contributed by atoms with van der Waals surface area (Å²) < 4.78 is 0. The highest BCUT2D eigenvalue weighted by Crippen LogP contribution is 2.29. The number of nitrogens with one attached hydrogen (secondary N) is 2. The molecule has 2 heterocycles. The van der Waals surface area contributed by atoms with E-state index in [1.807, 2.05) is 30.3 Å². The van der Waals surface area contributed by atoms with Crippen molar-refractivity contribution in [2.75, 3.05) is 18.5 Å². The van der Waals surface area contributed by atoms with Crippen molar-refractivity contribution in [2.24, 2.45) is 0 Å². The quantitative estimate of drug-likeness (QED) is 0.771. The highest BCUT2D eigenvalue weighted by molar-refractivity contribution is 6.30. The van der Waals surface area contributed by atoms with E-state index >= 15 is 0 Å². The summed E-state index contributed by atoms with van der Waals surface area (Å²) in [5, 5.41) is 6.19. The lowest BCUT2D eigenvalue weighted by Crippen LogP contribution is -2.65. The summed E-state index contributed by atoms with van der Waals surface area (Å²) in [5.41, 5.74) is 1.91. The second-order valence-electron chi connectivity index (χ2n) is 7.26. The molecule has 0 aromatic heterocycles. The van der Waals surface area contributed by atoms with E-state index in [4.69, 9.17) is 11.6 Å². The van der Waals surface area contributed by atoms with E-state index in [1.54, 1.807) is 42.4 Å². The Balaban J connectivity index is 1.45. The zero-order valence-corrected chi connectivity index (χ0v) is 17.1. The molecule has 2 aliphatic heterocycles. The fourth-order valence-electron chi connectivity index (χ4n) is 3.79. The summed E-state index contributed by atoms with van der Waals surface area (Å²) in [4.78, 5) is 41.3. The van der Waals surface area contributed by atoms with E-state index in [9.17, 15) is 14.4 Å². The molecule has 0 radical (unpaired) electrons. The smallest absolute Gasteiger partial charge is 0.329 e. The molecule has 4 rings (SSSR count). The Morgan fingerprint density at radius 3 is 2.50 bits per heavy atom. The number of hydrogen-bond acceptors (Lipinski definition) is 4. The summed E-state index contributed by atoms with van der Waals surface area (Å²) in [5.74, 6) is -0.685. The van der Waals surface area contributed by atoms with Gasteiger partial charge in [0.15, 0.2) is 0 Å². The topological polar surface area (TPSA) is 81.8 Å². The van der Waals surface area contributed by atoms with Crippen LogP contribution in [0.25, 0.3) is 0 Å². The second kappa shape index (κ2) is 8.20. The molecular formula is C22H21ClN4O3. The lowest BCUT2D eigenvalue weighted by molar-refractivity contribution is -0.122. The lowest BCUT2D eigenvalue weighted by Gasteiger charge is -2.37. The van der Waals surface area contributed by atoms with Gasteiger partial charge in [0, 0.05) is 24.8 Å². The van der Waals surface area contributed by atoms with Crippen molar-refractivity contribution in [3.63, 3.8) is 0 Å². The third-order valence-electron chi connectivity index (χ3n) is 5.28. The molecule has 30 heavy (non-hydrogen) atoms. The van der Waals surface area contributed by atoms with Gasteiger partial charge in [0.2, 0.25) is 0 Å².